The van der Waals surface area contributed by atoms with Gasteiger partial charge >= 0.3 is 0 Å². The second-order valence-corrected chi connectivity index (χ2v) is 6.05. The minimum Gasteiger partial charge on any atom is -0.468 e. The summed E-state index contributed by atoms with van der Waals surface area (Å²) in [5, 5.41) is 10.0. The zero-order valence-corrected chi connectivity index (χ0v) is 11.5. The first-order chi connectivity index (χ1) is 9.20. The molecule has 1 aliphatic carbocycles. The number of rotatable bonds is 4. The van der Waals surface area contributed by atoms with Crippen LogP contribution in [-0.4, -0.2) is 35.2 Å². The van der Waals surface area contributed by atoms with E-state index in [-0.39, 0.29) is 18.2 Å². The first-order valence-corrected chi connectivity index (χ1v) is 7.41. The maximum absolute atomic E-state index is 10.0. The Morgan fingerprint density at radius 2 is 2.32 bits per heavy atom. The highest BCUT2D eigenvalue weighted by Gasteiger charge is 2.45. The average Bonchev–Trinajstić information content (AvgIpc) is 3.10. The predicted molar refractivity (Wildman–Crippen MR) is 73.5 cm³/mol. The van der Waals surface area contributed by atoms with E-state index in [0.29, 0.717) is 11.8 Å². The van der Waals surface area contributed by atoms with E-state index in [9.17, 15) is 5.11 Å². The Morgan fingerprint density at radius 1 is 1.47 bits per heavy atom. The third kappa shape index (κ3) is 2.33. The third-order valence-electron chi connectivity index (χ3n) is 4.95. The Balaban J connectivity index is 1.78. The molecule has 1 saturated heterocycles. The summed E-state index contributed by atoms with van der Waals surface area (Å²) in [6.07, 6.45) is 4.64. The van der Waals surface area contributed by atoms with Crippen molar-refractivity contribution in [3.63, 3.8) is 0 Å². The van der Waals surface area contributed by atoms with Gasteiger partial charge in [-0.15, -0.1) is 0 Å². The van der Waals surface area contributed by atoms with Crippen molar-refractivity contribution in [1.82, 2.24) is 4.90 Å². The molecule has 3 rings (SSSR count). The quantitative estimate of drug-likeness (QED) is 0.870. The van der Waals surface area contributed by atoms with E-state index in [0.717, 1.165) is 38.1 Å². The zero-order chi connectivity index (χ0) is 13.4. The van der Waals surface area contributed by atoms with Gasteiger partial charge < -0.3 is 15.3 Å². The van der Waals surface area contributed by atoms with Gasteiger partial charge in [0, 0.05) is 25.0 Å². The van der Waals surface area contributed by atoms with E-state index in [1.165, 1.54) is 0 Å². The molecule has 5 atom stereocenters. The van der Waals surface area contributed by atoms with Gasteiger partial charge in [-0.1, -0.05) is 6.92 Å². The number of nitrogens with zero attached hydrogens (tertiary/aromatic N) is 1. The third-order valence-corrected chi connectivity index (χ3v) is 4.95. The van der Waals surface area contributed by atoms with Gasteiger partial charge in [-0.2, -0.15) is 0 Å². The SMILES string of the molecule is CCC(N)C(c1ccco1)N1CC2CCC(O)C2C1. The predicted octanol–water partition coefficient (Wildman–Crippen LogP) is 1.76. The van der Waals surface area contributed by atoms with Crippen molar-refractivity contribution < 1.29 is 9.52 Å². The van der Waals surface area contributed by atoms with Crippen molar-refractivity contribution in [2.75, 3.05) is 13.1 Å². The molecule has 3 N–H and O–H groups in total. The van der Waals surface area contributed by atoms with Crippen LogP contribution < -0.4 is 5.73 Å². The number of nitrogens with two attached hydrogens (primary N) is 1. The lowest BCUT2D eigenvalue weighted by Gasteiger charge is -2.31. The second-order valence-electron chi connectivity index (χ2n) is 6.05. The van der Waals surface area contributed by atoms with Crippen LogP contribution in [-0.2, 0) is 0 Å². The number of likely N-dealkylation sites (tertiary alicyclic amines) is 1. The van der Waals surface area contributed by atoms with Crippen LogP contribution in [0.25, 0.3) is 0 Å². The fraction of sp³-hybridized carbons (Fsp3) is 0.733. The maximum atomic E-state index is 10.0. The molecular weight excluding hydrogens is 240 g/mol. The number of aliphatic hydroxyl groups is 1. The Kier molecular flexibility index (Phi) is 3.65. The van der Waals surface area contributed by atoms with Crippen LogP contribution in [0, 0.1) is 11.8 Å². The van der Waals surface area contributed by atoms with Crippen LogP contribution in [0.15, 0.2) is 22.8 Å². The molecule has 0 spiro atoms. The van der Waals surface area contributed by atoms with Crippen LogP contribution in [0.5, 0.6) is 0 Å². The van der Waals surface area contributed by atoms with E-state index in [2.05, 4.69) is 11.8 Å². The van der Waals surface area contributed by atoms with Crippen LogP contribution >= 0.6 is 0 Å². The largest absolute Gasteiger partial charge is 0.468 e. The molecule has 2 fully saturated rings. The Morgan fingerprint density at radius 3 is 2.95 bits per heavy atom. The van der Waals surface area contributed by atoms with Crippen molar-refractivity contribution in [2.24, 2.45) is 17.6 Å². The van der Waals surface area contributed by atoms with Crippen LogP contribution in [0.3, 0.4) is 0 Å². The van der Waals surface area contributed by atoms with Crippen LogP contribution in [0.2, 0.25) is 0 Å². The summed E-state index contributed by atoms with van der Waals surface area (Å²) in [6, 6.07) is 4.18. The lowest BCUT2D eigenvalue weighted by molar-refractivity contribution is 0.109. The fourth-order valence-corrected chi connectivity index (χ4v) is 3.84. The van der Waals surface area contributed by atoms with Crippen molar-refractivity contribution in [3.05, 3.63) is 24.2 Å². The molecule has 106 valence electrons. The Bertz CT molecular complexity index is 406. The van der Waals surface area contributed by atoms with Gasteiger partial charge in [0.05, 0.1) is 18.4 Å². The topological polar surface area (TPSA) is 62.6 Å². The number of furan rings is 1. The van der Waals surface area contributed by atoms with Gasteiger partial charge in [-0.05, 0) is 37.3 Å². The summed E-state index contributed by atoms with van der Waals surface area (Å²) in [7, 11) is 0. The standard InChI is InChI=1S/C15H24N2O2/c1-2-12(16)15(14-4-3-7-19-14)17-8-10-5-6-13(18)11(10)9-17/h3-4,7,10-13,15,18H,2,5-6,8-9,16H2,1H3. The molecule has 2 heterocycles. The molecule has 1 aromatic heterocycles. The van der Waals surface area contributed by atoms with Gasteiger partial charge in [0.15, 0.2) is 0 Å². The molecule has 0 radical (unpaired) electrons. The molecule has 0 aromatic carbocycles. The van der Waals surface area contributed by atoms with Crippen LogP contribution in [0.4, 0.5) is 0 Å². The van der Waals surface area contributed by atoms with Crippen LogP contribution in [0.1, 0.15) is 38.0 Å². The molecule has 0 bridgehead atoms. The lowest BCUT2D eigenvalue weighted by Crippen LogP contribution is -2.40. The number of fused-ring (bicyclic) bond motifs is 1. The summed E-state index contributed by atoms with van der Waals surface area (Å²) in [6.45, 7) is 4.11. The summed E-state index contributed by atoms with van der Waals surface area (Å²) < 4.78 is 5.60. The van der Waals surface area contributed by atoms with Gasteiger partial charge in [0.1, 0.15) is 5.76 Å². The Hall–Kier alpha value is -0.840. The summed E-state index contributed by atoms with van der Waals surface area (Å²) in [4.78, 5) is 2.42. The molecule has 1 saturated carbocycles. The van der Waals surface area contributed by atoms with E-state index in [1.54, 1.807) is 6.26 Å². The van der Waals surface area contributed by atoms with E-state index >= 15 is 0 Å². The molecule has 0 amide bonds. The molecule has 1 aromatic rings. The lowest BCUT2D eigenvalue weighted by atomic mass is 9.99. The average molecular weight is 264 g/mol. The number of hydrogen-bond acceptors (Lipinski definition) is 4. The second kappa shape index (κ2) is 5.27. The minimum atomic E-state index is -0.120. The molecule has 2 aliphatic rings. The van der Waals surface area contributed by atoms with E-state index < -0.39 is 0 Å². The first kappa shape index (κ1) is 13.2. The van der Waals surface area contributed by atoms with Crippen molar-refractivity contribution in [1.29, 1.82) is 0 Å². The number of aliphatic hydroxyl groups excluding tert-OH is 1. The molecule has 4 heteroatoms. The van der Waals surface area contributed by atoms with Gasteiger partial charge in [-0.25, -0.2) is 0 Å². The molecule has 19 heavy (non-hydrogen) atoms. The highest BCUT2D eigenvalue weighted by molar-refractivity contribution is 5.10. The smallest absolute Gasteiger partial charge is 0.122 e. The number of hydrogen-bond donors (Lipinski definition) is 2. The highest BCUT2D eigenvalue weighted by Crippen LogP contribution is 2.42. The van der Waals surface area contributed by atoms with Gasteiger partial charge in [0.25, 0.3) is 0 Å². The zero-order valence-electron chi connectivity index (χ0n) is 11.5. The first-order valence-electron chi connectivity index (χ1n) is 7.41. The normalized spacial score (nSPS) is 34.4. The summed E-state index contributed by atoms with van der Waals surface area (Å²) in [5.41, 5.74) is 6.31. The van der Waals surface area contributed by atoms with Crippen molar-refractivity contribution >= 4 is 0 Å². The maximum Gasteiger partial charge on any atom is 0.122 e. The van der Waals surface area contributed by atoms with E-state index in [1.807, 2.05) is 12.1 Å². The Labute approximate surface area is 114 Å². The van der Waals surface area contributed by atoms with Crippen molar-refractivity contribution in [3.8, 4) is 0 Å². The molecule has 1 aliphatic heterocycles. The highest BCUT2D eigenvalue weighted by atomic mass is 16.3. The molecule has 5 unspecified atom stereocenters. The van der Waals surface area contributed by atoms with Gasteiger partial charge in [-0.3, -0.25) is 4.90 Å². The summed E-state index contributed by atoms with van der Waals surface area (Å²) >= 11 is 0. The summed E-state index contributed by atoms with van der Waals surface area (Å²) in [5.74, 6) is 2.03. The monoisotopic (exact) mass is 264 g/mol. The molecular formula is C15H24N2O2. The van der Waals surface area contributed by atoms with Gasteiger partial charge in [0.2, 0.25) is 0 Å². The molecule has 4 nitrogen and oxygen atoms in total. The fourth-order valence-electron chi connectivity index (χ4n) is 3.84. The minimum absolute atomic E-state index is 0.0853. The van der Waals surface area contributed by atoms with Crippen molar-refractivity contribution in [2.45, 2.75) is 44.4 Å². The van der Waals surface area contributed by atoms with E-state index in [4.69, 9.17) is 10.2 Å².